The van der Waals surface area contributed by atoms with Gasteiger partial charge in [-0.05, 0) is 36.8 Å². The average Bonchev–Trinajstić information content (AvgIpc) is 3.31. The molecule has 1 atom stereocenters. The number of rotatable bonds is 4. The van der Waals surface area contributed by atoms with Gasteiger partial charge >= 0.3 is 0 Å². The highest BCUT2D eigenvalue weighted by molar-refractivity contribution is 5.96. The summed E-state index contributed by atoms with van der Waals surface area (Å²) < 4.78 is 2.28. The summed E-state index contributed by atoms with van der Waals surface area (Å²) in [5, 5.41) is 0. The van der Waals surface area contributed by atoms with Gasteiger partial charge in [0.15, 0.2) is 0 Å². The monoisotopic (exact) mass is 381 g/mol. The lowest BCUT2D eigenvalue weighted by Gasteiger charge is -2.17. The van der Waals surface area contributed by atoms with Gasteiger partial charge < -0.3 is 9.47 Å². The molecule has 1 unspecified atom stereocenters. The van der Waals surface area contributed by atoms with Crippen molar-refractivity contribution in [3.05, 3.63) is 95.8 Å². The Labute approximate surface area is 170 Å². The van der Waals surface area contributed by atoms with E-state index in [9.17, 15) is 4.79 Å². The summed E-state index contributed by atoms with van der Waals surface area (Å²) in [7, 11) is 0. The van der Waals surface area contributed by atoms with Crippen molar-refractivity contribution < 1.29 is 4.79 Å². The van der Waals surface area contributed by atoms with E-state index in [0.29, 0.717) is 13.0 Å². The van der Waals surface area contributed by atoms with Crippen molar-refractivity contribution in [1.29, 1.82) is 0 Å². The van der Waals surface area contributed by atoms with Crippen molar-refractivity contribution in [1.82, 2.24) is 9.55 Å². The standard InChI is InChI=1S/C25H23N3O/c1-18-11-13-19(14-12-18)16-28-23-10-6-5-9-22(23)26-25(28)20-15-24(29)27(17-20)21-7-3-2-4-8-21/h2-14,20H,15-17H2,1H3. The molecule has 1 amide bonds. The van der Waals surface area contributed by atoms with E-state index in [4.69, 9.17) is 4.98 Å². The first kappa shape index (κ1) is 17.7. The molecule has 1 aromatic heterocycles. The molecule has 1 aliphatic heterocycles. The van der Waals surface area contributed by atoms with Gasteiger partial charge in [-0.25, -0.2) is 4.98 Å². The topological polar surface area (TPSA) is 38.1 Å². The lowest BCUT2D eigenvalue weighted by molar-refractivity contribution is -0.117. The number of carbonyl (C=O) groups excluding carboxylic acids is 1. The molecule has 0 aliphatic carbocycles. The van der Waals surface area contributed by atoms with Crippen LogP contribution in [-0.2, 0) is 11.3 Å². The van der Waals surface area contributed by atoms with Crippen LogP contribution in [0.5, 0.6) is 0 Å². The summed E-state index contributed by atoms with van der Waals surface area (Å²) in [5.41, 5.74) is 5.56. The van der Waals surface area contributed by atoms with E-state index < -0.39 is 0 Å². The van der Waals surface area contributed by atoms with Gasteiger partial charge in [0.25, 0.3) is 0 Å². The van der Waals surface area contributed by atoms with Crippen molar-refractivity contribution in [2.75, 3.05) is 11.4 Å². The number of hydrogen-bond donors (Lipinski definition) is 0. The molecular weight excluding hydrogens is 358 g/mol. The number of nitrogens with zero attached hydrogens (tertiary/aromatic N) is 3. The largest absolute Gasteiger partial charge is 0.323 e. The number of para-hydroxylation sites is 3. The fourth-order valence-electron chi connectivity index (χ4n) is 4.19. The van der Waals surface area contributed by atoms with Gasteiger partial charge in [0.1, 0.15) is 5.82 Å². The van der Waals surface area contributed by atoms with E-state index in [0.717, 1.165) is 29.1 Å². The van der Waals surface area contributed by atoms with Crippen LogP contribution < -0.4 is 4.90 Å². The minimum atomic E-state index is 0.0838. The van der Waals surface area contributed by atoms with Gasteiger partial charge in [0, 0.05) is 31.1 Å². The highest BCUT2D eigenvalue weighted by Gasteiger charge is 2.34. The normalized spacial score (nSPS) is 16.7. The molecule has 4 nitrogen and oxygen atoms in total. The van der Waals surface area contributed by atoms with Crippen LogP contribution in [0.15, 0.2) is 78.9 Å². The number of carbonyl (C=O) groups is 1. The third-order valence-corrected chi connectivity index (χ3v) is 5.70. The van der Waals surface area contributed by atoms with E-state index in [1.807, 2.05) is 41.3 Å². The van der Waals surface area contributed by atoms with Crippen LogP contribution in [0.3, 0.4) is 0 Å². The van der Waals surface area contributed by atoms with Crippen LogP contribution >= 0.6 is 0 Å². The number of hydrogen-bond acceptors (Lipinski definition) is 2. The highest BCUT2D eigenvalue weighted by Crippen LogP contribution is 2.33. The third-order valence-electron chi connectivity index (χ3n) is 5.70. The summed E-state index contributed by atoms with van der Waals surface area (Å²) >= 11 is 0. The molecule has 5 rings (SSSR count). The molecule has 4 aromatic rings. The first-order valence-electron chi connectivity index (χ1n) is 10.0. The zero-order valence-electron chi connectivity index (χ0n) is 16.5. The minimum Gasteiger partial charge on any atom is -0.323 e. The Morgan fingerprint density at radius 2 is 1.66 bits per heavy atom. The first-order chi connectivity index (χ1) is 14.2. The Hall–Kier alpha value is -3.40. The number of amides is 1. The summed E-state index contributed by atoms with van der Waals surface area (Å²) in [4.78, 5) is 19.6. The molecule has 1 fully saturated rings. The van der Waals surface area contributed by atoms with Crippen LogP contribution in [0.4, 0.5) is 5.69 Å². The second-order valence-corrected chi connectivity index (χ2v) is 7.77. The predicted molar refractivity (Wildman–Crippen MR) is 116 cm³/mol. The van der Waals surface area contributed by atoms with Gasteiger partial charge in [0.05, 0.1) is 11.0 Å². The summed E-state index contributed by atoms with van der Waals surface area (Å²) in [6.45, 7) is 3.52. The summed E-state index contributed by atoms with van der Waals surface area (Å²) in [6.07, 6.45) is 0.492. The molecule has 0 bridgehead atoms. The molecule has 4 heteroatoms. The summed E-state index contributed by atoms with van der Waals surface area (Å²) in [6, 6.07) is 26.8. The van der Waals surface area contributed by atoms with Crippen LogP contribution in [-0.4, -0.2) is 22.0 Å². The second-order valence-electron chi connectivity index (χ2n) is 7.77. The van der Waals surface area contributed by atoms with E-state index in [1.54, 1.807) is 0 Å². The molecule has 3 aromatic carbocycles. The van der Waals surface area contributed by atoms with Crippen LogP contribution in [0, 0.1) is 6.92 Å². The lowest BCUT2D eigenvalue weighted by atomic mass is 10.1. The maximum Gasteiger partial charge on any atom is 0.227 e. The molecular formula is C25H23N3O. The molecule has 1 saturated heterocycles. The fourth-order valence-corrected chi connectivity index (χ4v) is 4.19. The van der Waals surface area contributed by atoms with Gasteiger partial charge in [-0.3, -0.25) is 4.79 Å². The van der Waals surface area contributed by atoms with Gasteiger partial charge in [0.2, 0.25) is 5.91 Å². The van der Waals surface area contributed by atoms with Gasteiger partial charge in [-0.1, -0.05) is 60.2 Å². The Morgan fingerprint density at radius 1 is 0.931 bits per heavy atom. The molecule has 144 valence electrons. The number of fused-ring (bicyclic) bond motifs is 1. The Bertz CT molecular complexity index is 1160. The van der Waals surface area contributed by atoms with Crippen molar-refractivity contribution >= 4 is 22.6 Å². The quantitative estimate of drug-likeness (QED) is 0.504. The zero-order valence-corrected chi connectivity index (χ0v) is 16.5. The van der Waals surface area contributed by atoms with Gasteiger partial charge in [-0.2, -0.15) is 0 Å². The second kappa shape index (κ2) is 7.21. The number of anilines is 1. The fraction of sp³-hybridized carbons (Fsp3) is 0.200. The Morgan fingerprint density at radius 3 is 2.45 bits per heavy atom. The Kier molecular flexibility index (Phi) is 4.39. The van der Waals surface area contributed by atoms with Crippen molar-refractivity contribution in [2.24, 2.45) is 0 Å². The van der Waals surface area contributed by atoms with Crippen molar-refractivity contribution in [2.45, 2.75) is 25.8 Å². The SMILES string of the molecule is Cc1ccc(Cn2c(C3CC(=O)N(c4ccccc4)C3)nc3ccccc32)cc1. The molecule has 1 aliphatic rings. The van der Waals surface area contributed by atoms with E-state index in [1.165, 1.54) is 11.1 Å². The summed E-state index contributed by atoms with van der Waals surface area (Å²) in [5.74, 6) is 1.24. The molecule has 0 spiro atoms. The maximum absolute atomic E-state index is 12.8. The maximum atomic E-state index is 12.8. The first-order valence-corrected chi connectivity index (χ1v) is 10.0. The molecule has 0 saturated carbocycles. The van der Waals surface area contributed by atoms with Crippen LogP contribution in [0.2, 0.25) is 0 Å². The third kappa shape index (κ3) is 3.31. The zero-order chi connectivity index (χ0) is 19.8. The molecule has 0 radical (unpaired) electrons. The minimum absolute atomic E-state index is 0.0838. The Balaban J connectivity index is 1.53. The number of aryl methyl sites for hydroxylation is 1. The number of imidazole rings is 1. The molecule has 29 heavy (non-hydrogen) atoms. The van der Waals surface area contributed by atoms with Gasteiger partial charge in [-0.15, -0.1) is 0 Å². The number of benzene rings is 3. The van der Waals surface area contributed by atoms with E-state index in [-0.39, 0.29) is 11.8 Å². The smallest absolute Gasteiger partial charge is 0.227 e. The van der Waals surface area contributed by atoms with E-state index in [2.05, 4.69) is 54.0 Å². The lowest BCUT2D eigenvalue weighted by Crippen LogP contribution is -2.24. The van der Waals surface area contributed by atoms with Crippen molar-refractivity contribution in [3.63, 3.8) is 0 Å². The van der Waals surface area contributed by atoms with Crippen LogP contribution in [0.1, 0.15) is 29.3 Å². The predicted octanol–water partition coefficient (Wildman–Crippen LogP) is 4.91. The van der Waals surface area contributed by atoms with Crippen molar-refractivity contribution in [3.8, 4) is 0 Å². The molecule has 2 heterocycles. The van der Waals surface area contributed by atoms with Crippen LogP contribution in [0.25, 0.3) is 11.0 Å². The number of aromatic nitrogens is 2. The highest BCUT2D eigenvalue weighted by atomic mass is 16.2. The molecule has 0 N–H and O–H groups in total. The average molecular weight is 381 g/mol. The van der Waals surface area contributed by atoms with E-state index >= 15 is 0 Å².